The van der Waals surface area contributed by atoms with Gasteiger partial charge in [-0.05, 0) is 68.6 Å². The molecular weight excluding hydrogens is 646 g/mol. The van der Waals surface area contributed by atoms with Crippen LogP contribution in [0.1, 0.15) is 107 Å². The molecule has 0 aromatic carbocycles. The fraction of sp³-hybridized carbons (Fsp3) is 0.806. The Labute approximate surface area is 292 Å². The van der Waals surface area contributed by atoms with Crippen LogP contribution in [0.2, 0.25) is 0 Å². The van der Waals surface area contributed by atoms with Gasteiger partial charge in [0, 0.05) is 13.1 Å². The highest BCUT2D eigenvalue weighted by atomic mass is 32.2. The smallest absolute Gasteiger partial charge is 0.315 e. The molecule has 5 atom stereocenters. The number of rotatable bonds is 13. The first-order chi connectivity index (χ1) is 22.5. The number of sulfone groups is 1. The number of carbonyl (C=O) groups is 5. The Balaban J connectivity index is 1.55. The van der Waals surface area contributed by atoms with Gasteiger partial charge in [0.25, 0.3) is 5.91 Å². The van der Waals surface area contributed by atoms with E-state index in [0.29, 0.717) is 25.8 Å². The van der Waals surface area contributed by atoms with E-state index in [4.69, 9.17) is 0 Å². The maximum atomic E-state index is 14.5. The van der Waals surface area contributed by atoms with Crippen molar-refractivity contribution in [1.82, 2.24) is 26.2 Å². The number of amides is 5. The molecule has 5 amide bonds. The van der Waals surface area contributed by atoms with E-state index in [0.717, 1.165) is 32.1 Å². The van der Waals surface area contributed by atoms with Gasteiger partial charge < -0.3 is 26.2 Å². The van der Waals surface area contributed by atoms with Crippen molar-refractivity contribution in [2.75, 3.05) is 18.8 Å². The second-order valence-electron chi connectivity index (χ2n) is 17.6. The standard InChI is InChI=1S/C36H59N5O7S/c1-10-18-37-30(44)27(42)24(19-22-14-15-22)38-29(43)26-25-23(35(25,8)9)20-41(26)31(45)28(33(2,3)4)39-32(46)40-36(16-12-11-13-17-36)21-49(47,48)34(5,6)7/h10,22-26,28H,1,11-21H2,2-9H3,(H,37,44)(H,38,43)(H2,39,40,46)/t23-,24-,25-,26-,28+/m0/s1. The highest BCUT2D eigenvalue weighted by Gasteiger charge is 2.70. The van der Waals surface area contributed by atoms with Crippen molar-refractivity contribution in [2.45, 2.75) is 135 Å². The fourth-order valence-electron chi connectivity index (χ4n) is 7.74. The quantitative estimate of drug-likeness (QED) is 0.168. The molecule has 0 spiro atoms. The third kappa shape index (κ3) is 8.68. The van der Waals surface area contributed by atoms with Crippen LogP contribution in [0.15, 0.2) is 12.7 Å². The van der Waals surface area contributed by atoms with E-state index in [1.807, 2.05) is 20.8 Å². The molecule has 4 rings (SSSR count). The number of Topliss-reactive ketones (excluding diaryl/α,β-unsaturated/α-hetero) is 1. The Hall–Kier alpha value is -2.96. The fourth-order valence-corrected chi connectivity index (χ4v) is 9.26. The lowest BCUT2D eigenvalue weighted by molar-refractivity contribution is -0.145. The molecule has 4 N–H and O–H groups in total. The zero-order chi connectivity index (χ0) is 36.7. The van der Waals surface area contributed by atoms with Gasteiger partial charge in [-0.1, -0.05) is 72.8 Å². The minimum atomic E-state index is -3.56. The highest BCUT2D eigenvalue weighted by molar-refractivity contribution is 7.92. The van der Waals surface area contributed by atoms with Gasteiger partial charge in [-0.15, -0.1) is 6.58 Å². The van der Waals surface area contributed by atoms with Gasteiger partial charge in [-0.3, -0.25) is 19.2 Å². The molecule has 4 fully saturated rings. The summed E-state index contributed by atoms with van der Waals surface area (Å²) in [7, 11) is -3.56. The van der Waals surface area contributed by atoms with Crippen molar-refractivity contribution in [3.63, 3.8) is 0 Å². The molecule has 0 radical (unpaired) electrons. The van der Waals surface area contributed by atoms with Crippen molar-refractivity contribution in [2.24, 2.45) is 28.6 Å². The molecule has 276 valence electrons. The number of nitrogens with one attached hydrogen (secondary N) is 4. The third-order valence-corrected chi connectivity index (χ3v) is 14.1. The van der Waals surface area contributed by atoms with E-state index >= 15 is 0 Å². The van der Waals surface area contributed by atoms with Gasteiger partial charge in [0.15, 0.2) is 9.84 Å². The topological polar surface area (TPSA) is 171 Å². The molecular formula is C36H59N5O7S. The minimum absolute atomic E-state index is 0.0585. The van der Waals surface area contributed by atoms with Crippen LogP contribution in [0.5, 0.6) is 0 Å². The summed E-state index contributed by atoms with van der Waals surface area (Å²) in [5.74, 6) is -2.44. The van der Waals surface area contributed by atoms with E-state index in [1.54, 1.807) is 20.8 Å². The molecule has 4 aliphatic rings. The number of urea groups is 1. The van der Waals surface area contributed by atoms with Crippen molar-refractivity contribution in [1.29, 1.82) is 0 Å². The van der Waals surface area contributed by atoms with Crippen molar-refractivity contribution < 1.29 is 32.4 Å². The lowest BCUT2D eigenvalue weighted by atomic mass is 9.83. The summed E-state index contributed by atoms with van der Waals surface area (Å²) in [5, 5.41) is 11.2. The van der Waals surface area contributed by atoms with Crippen LogP contribution in [0.4, 0.5) is 4.79 Å². The number of hydrogen-bond acceptors (Lipinski definition) is 7. The Morgan fingerprint density at radius 3 is 2.10 bits per heavy atom. The second-order valence-corrected chi connectivity index (χ2v) is 20.3. The summed E-state index contributed by atoms with van der Waals surface area (Å²) >= 11 is 0. The summed E-state index contributed by atoms with van der Waals surface area (Å²) in [6.45, 7) is 18.6. The molecule has 0 aromatic heterocycles. The second kappa shape index (κ2) is 14.0. The molecule has 1 aliphatic heterocycles. The van der Waals surface area contributed by atoms with Gasteiger partial charge in [-0.25, -0.2) is 13.2 Å². The predicted molar refractivity (Wildman–Crippen MR) is 188 cm³/mol. The molecule has 0 unspecified atom stereocenters. The molecule has 49 heavy (non-hydrogen) atoms. The van der Waals surface area contributed by atoms with E-state index < -0.39 is 73.2 Å². The first kappa shape index (κ1) is 38.8. The van der Waals surface area contributed by atoms with Crippen molar-refractivity contribution >= 4 is 39.4 Å². The van der Waals surface area contributed by atoms with Crippen molar-refractivity contribution in [3.05, 3.63) is 12.7 Å². The van der Waals surface area contributed by atoms with Crippen LogP contribution in [0.3, 0.4) is 0 Å². The number of fused-ring (bicyclic) bond motifs is 1. The largest absolute Gasteiger partial charge is 0.346 e. The van der Waals surface area contributed by atoms with E-state index in [9.17, 15) is 32.4 Å². The lowest BCUT2D eigenvalue weighted by Gasteiger charge is -2.41. The van der Waals surface area contributed by atoms with Gasteiger partial charge in [-0.2, -0.15) is 0 Å². The van der Waals surface area contributed by atoms with Gasteiger partial charge >= 0.3 is 6.03 Å². The monoisotopic (exact) mass is 705 g/mol. The number of piperidine rings is 1. The maximum absolute atomic E-state index is 14.5. The number of hydrogen-bond donors (Lipinski definition) is 4. The number of carbonyl (C=O) groups excluding carboxylic acids is 5. The summed E-state index contributed by atoms with van der Waals surface area (Å²) in [5.41, 5.74) is -1.92. The number of likely N-dealkylation sites (tertiary alicyclic amines) is 1. The maximum Gasteiger partial charge on any atom is 0.315 e. The Bertz CT molecular complexity index is 1430. The lowest BCUT2D eigenvalue weighted by Crippen LogP contribution is -2.64. The Morgan fingerprint density at radius 1 is 0.959 bits per heavy atom. The zero-order valence-corrected chi connectivity index (χ0v) is 31.6. The number of ketones is 1. The number of nitrogens with zero attached hydrogens (tertiary/aromatic N) is 1. The van der Waals surface area contributed by atoms with Crippen molar-refractivity contribution in [3.8, 4) is 0 Å². The average Bonchev–Trinajstić information content (AvgIpc) is 3.84. The van der Waals surface area contributed by atoms with E-state index in [2.05, 4.69) is 41.7 Å². The normalized spacial score (nSPS) is 25.6. The van der Waals surface area contributed by atoms with Crippen LogP contribution < -0.4 is 21.3 Å². The van der Waals surface area contributed by atoms with Crippen LogP contribution in [0, 0.1) is 28.6 Å². The summed E-state index contributed by atoms with van der Waals surface area (Å²) in [6, 6.07) is -3.54. The molecule has 1 heterocycles. The molecule has 1 saturated heterocycles. The minimum Gasteiger partial charge on any atom is -0.346 e. The predicted octanol–water partition coefficient (Wildman–Crippen LogP) is 3.26. The molecule has 0 aromatic rings. The summed E-state index contributed by atoms with van der Waals surface area (Å²) in [4.78, 5) is 69.6. The first-order valence-corrected chi connectivity index (χ1v) is 19.5. The molecule has 13 heteroatoms. The first-order valence-electron chi connectivity index (χ1n) is 17.9. The van der Waals surface area contributed by atoms with Gasteiger partial charge in [0.05, 0.1) is 22.1 Å². The van der Waals surface area contributed by atoms with Crippen LogP contribution in [-0.4, -0.2) is 90.1 Å². The van der Waals surface area contributed by atoms with Gasteiger partial charge in [0.2, 0.25) is 17.6 Å². The zero-order valence-electron chi connectivity index (χ0n) is 30.7. The highest BCUT2D eigenvalue weighted by Crippen LogP contribution is 2.65. The summed E-state index contributed by atoms with van der Waals surface area (Å²) in [6.07, 6.45) is 7.21. The van der Waals surface area contributed by atoms with Crippen LogP contribution in [-0.2, 0) is 29.0 Å². The third-order valence-electron chi connectivity index (χ3n) is 11.3. The molecule has 0 bridgehead atoms. The van der Waals surface area contributed by atoms with Crippen LogP contribution in [0.25, 0.3) is 0 Å². The summed E-state index contributed by atoms with van der Waals surface area (Å²) < 4.78 is 25.6. The molecule has 12 nitrogen and oxygen atoms in total. The van der Waals surface area contributed by atoms with E-state index in [-0.39, 0.29) is 35.5 Å². The molecule has 3 saturated carbocycles. The van der Waals surface area contributed by atoms with Crippen LogP contribution >= 0.6 is 0 Å². The van der Waals surface area contributed by atoms with Gasteiger partial charge in [0.1, 0.15) is 12.1 Å². The Morgan fingerprint density at radius 2 is 1.57 bits per heavy atom. The Kier molecular flexibility index (Phi) is 11.1. The SMILES string of the molecule is C=CCNC(=O)C(=O)[C@H](CC1CC1)NC(=O)[C@@H]1[C@@H]2[C@H](CN1C(=O)[C@@H](NC(=O)NC1(CS(=O)(=O)C(C)(C)C)CCCCC1)C(C)(C)C)C2(C)C. The average molecular weight is 706 g/mol. The molecule has 3 aliphatic carbocycles. The van der Waals surface area contributed by atoms with E-state index in [1.165, 1.54) is 11.0 Å².